The van der Waals surface area contributed by atoms with Crippen LogP contribution in [-0.2, 0) is 11.2 Å². The minimum Gasteiger partial charge on any atom is -0.372 e. The first kappa shape index (κ1) is 15.6. The Balaban J connectivity index is 2.21. The van der Waals surface area contributed by atoms with E-state index in [0.29, 0.717) is 6.61 Å². The lowest BCUT2D eigenvalue weighted by Crippen LogP contribution is -2.33. The zero-order valence-electron chi connectivity index (χ0n) is 11.9. The Bertz CT molecular complexity index is 554. The van der Waals surface area contributed by atoms with Crippen LogP contribution in [0.15, 0.2) is 48.5 Å². The van der Waals surface area contributed by atoms with Crippen molar-refractivity contribution in [2.24, 2.45) is 5.73 Å². The van der Waals surface area contributed by atoms with E-state index in [1.54, 1.807) is 0 Å². The Kier molecular flexibility index (Phi) is 5.42. The molecule has 2 atom stereocenters. The predicted octanol–water partition coefficient (Wildman–Crippen LogP) is 3.61. The molecule has 0 aliphatic carbocycles. The molecule has 2 unspecified atom stereocenters. The lowest BCUT2D eigenvalue weighted by molar-refractivity contribution is 0.0429. The molecule has 0 bridgehead atoms. The molecule has 0 spiro atoms. The molecule has 0 saturated heterocycles. The molecule has 2 rings (SSSR count). The topological polar surface area (TPSA) is 35.2 Å². The fourth-order valence-corrected chi connectivity index (χ4v) is 2.36. The Morgan fingerprint density at radius 2 is 1.62 bits per heavy atom. The van der Waals surface area contributed by atoms with Crippen LogP contribution in [0.2, 0.25) is 0 Å². The van der Waals surface area contributed by atoms with Crippen LogP contribution in [0, 0.1) is 11.6 Å². The lowest BCUT2D eigenvalue weighted by Gasteiger charge is -2.24. The molecule has 21 heavy (non-hydrogen) atoms. The number of hydrogen-bond donors (Lipinski definition) is 1. The van der Waals surface area contributed by atoms with E-state index in [2.05, 4.69) is 0 Å². The van der Waals surface area contributed by atoms with E-state index in [0.717, 1.165) is 5.56 Å². The molecule has 0 aliphatic heterocycles. The van der Waals surface area contributed by atoms with Crippen molar-refractivity contribution >= 4 is 0 Å². The van der Waals surface area contributed by atoms with Gasteiger partial charge in [-0.25, -0.2) is 8.78 Å². The normalized spacial score (nSPS) is 13.9. The summed E-state index contributed by atoms with van der Waals surface area (Å²) in [5.41, 5.74) is 7.06. The lowest BCUT2D eigenvalue weighted by atomic mass is 9.96. The molecular formula is C17H19F2NO. The molecule has 0 amide bonds. The van der Waals surface area contributed by atoms with Gasteiger partial charge < -0.3 is 10.5 Å². The summed E-state index contributed by atoms with van der Waals surface area (Å²) in [5, 5.41) is 0. The zero-order valence-corrected chi connectivity index (χ0v) is 11.9. The van der Waals surface area contributed by atoms with Crippen molar-refractivity contribution < 1.29 is 13.5 Å². The average Bonchev–Trinajstić information content (AvgIpc) is 2.49. The van der Waals surface area contributed by atoms with E-state index >= 15 is 0 Å². The van der Waals surface area contributed by atoms with Crippen LogP contribution >= 0.6 is 0 Å². The second kappa shape index (κ2) is 7.29. The molecule has 0 radical (unpaired) electrons. The van der Waals surface area contributed by atoms with Gasteiger partial charge in [0.15, 0.2) is 0 Å². The fraction of sp³-hybridized carbons (Fsp3) is 0.294. The van der Waals surface area contributed by atoms with Crippen LogP contribution in [0.3, 0.4) is 0 Å². The molecule has 2 nitrogen and oxygen atoms in total. The number of rotatable bonds is 6. The van der Waals surface area contributed by atoms with Crippen LogP contribution in [0.25, 0.3) is 0 Å². The molecule has 4 heteroatoms. The van der Waals surface area contributed by atoms with E-state index in [1.165, 1.54) is 18.2 Å². The molecule has 112 valence electrons. The number of halogens is 2. The smallest absolute Gasteiger partial charge is 0.129 e. The van der Waals surface area contributed by atoms with Crippen molar-refractivity contribution in [3.8, 4) is 0 Å². The van der Waals surface area contributed by atoms with Crippen molar-refractivity contribution in [3.05, 3.63) is 71.3 Å². The summed E-state index contributed by atoms with van der Waals surface area (Å²) in [6.07, 6.45) is -0.312. The highest BCUT2D eigenvalue weighted by Crippen LogP contribution is 2.24. The van der Waals surface area contributed by atoms with Gasteiger partial charge >= 0.3 is 0 Å². The van der Waals surface area contributed by atoms with Crippen LogP contribution in [0.4, 0.5) is 8.78 Å². The average molecular weight is 291 g/mol. The van der Waals surface area contributed by atoms with E-state index < -0.39 is 23.8 Å². The SMILES string of the molecule is CCOC(c1ccccc1)C(N)Cc1c(F)cccc1F. The highest BCUT2D eigenvalue weighted by molar-refractivity contribution is 5.24. The van der Waals surface area contributed by atoms with E-state index in [9.17, 15) is 8.78 Å². The second-order valence-corrected chi connectivity index (χ2v) is 4.85. The number of ether oxygens (including phenoxy) is 1. The first-order valence-corrected chi connectivity index (χ1v) is 6.98. The summed E-state index contributed by atoms with van der Waals surface area (Å²) in [5.74, 6) is -1.15. The van der Waals surface area contributed by atoms with Crippen LogP contribution in [0.1, 0.15) is 24.2 Å². The fourth-order valence-electron chi connectivity index (χ4n) is 2.36. The van der Waals surface area contributed by atoms with Gasteiger partial charge in [0.2, 0.25) is 0 Å². The zero-order chi connectivity index (χ0) is 15.2. The van der Waals surface area contributed by atoms with E-state index in [1.807, 2.05) is 37.3 Å². The van der Waals surface area contributed by atoms with Crippen LogP contribution in [-0.4, -0.2) is 12.6 Å². The molecule has 0 aromatic heterocycles. The largest absolute Gasteiger partial charge is 0.372 e. The number of nitrogens with two attached hydrogens (primary N) is 1. The number of hydrogen-bond acceptors (Lipinski definition) is 2. The quantitative estimate of drug-likeness (QED) is 0.882. The molecule has 0 aliphatic rings. The van der Waals surface area contributed by atoms with Crippen molar-refractivity contribution in [3.63, 3.8) is 0 Å². The minimum absolute atomic E-state index is 0.00522. The van der Waals surface area contributed by atoms with E-state index in [-0.39, 0.29) is 12.0 Å². The highest BCUT2D eigenvalue weighted by atomic mass is 19.1. The monoisotopic (exact) mass is 291 g/mol. The maximum Gasteiger partial charge on any atom is 0.129 e. The van der Waals surface area contributed by atoms with Gasteiger partial charge in [-0.05, 0) is 31.0 Å². The van der Waals surface area contributed by atoms with Gasteiger partial charge in [-0.2, -0.15) is 0 Å². The summed E-state index contributed by atoms with van der Waals surface area (Å²) in [4.78, 5) is 0. The minimum atomic E-state index is -0.575. The van der Waals surface area contributed by atoms with Crippen molar-refractivity contribution in [1.82, 2.24) is 0 Å². The molecule has 0 saturated carbocycles. The third-order valence-corrected chi connectivity index (χ3v) is 3.36. The summed E-state index contributed by atoms with van der Waals surface area (Å²) in [6.45, 7) is 2.35. The Morgan fingerprint density at radius 3 is 2.19 bits per heavy atom. The van der Waals surface area contributed by atoms with Crippen molar-refractivity contribution in [2.75, 3.05) is 6.61 Å². The molecule has 2 aromatic carbocycles. The Hall–Kier alpha value is -1.78. The molecule has 0 heterocycles. The van der Waals surface area contributed by atoms with Gasteiger partial charge in [0.25, 0.3) is 0 Å². The maximum atomic E-state index is 13.7. The van der Waals surface area contributed by atoms with Gasteiger partial charge in [-0.3, -0.25) is 0 Å². The summed E-state index contributed by atoms with van der Waals surface area (Å²) in [7, 11) is 0. The third-order valence-electron chi connectivity index (χ3n) is 3.36. The third kappa shape index (κ3) is 3.86. The Morgan fingerprint density at radius 1 is 1.00 bits per heavy atom. The predicted molar refractivity (Wildman–Crippen MR) is 78.8 cm³/mol. The van der Waals surface area contributed by atoms with Gasteiger partial charge in [0.05, 0.1) is 6.10 Å². The van der Waals surface area contributed by atoms with Crippen molar-refractivity contribution in [2.45, 2.75) is 25.5 Å². The van der Waals surface area contributed by atoms with Gasteiger partial charge in [-0.1, -0.05) is 36.4 Å². The van der Waals surface area contributed by atoms with E-state index in [4.69, 9.17) is 10.5 Å². The van der Waals surface area contributed by atoms with Gasteiger partial charge in [0, 0.05) is 18.2 Å². The second-order valence-electron chi connectivity index (χ2n) is 4.85. The maximum absolute atomic E-state index is 13.7. The summed E-state index contributed by atoms with van der Waals surface area (Å²) < 4.78 is 33.1. The molecule has 2 aromatic rings. The van der Waals surface area contributed by atoms with Gasteiger partial charge in [0.1, 0.15) is 11.6 Å². The standard InChI is InChI=1S/C17H19F2NO/c1-2-21-17(12-7-4-3-5-8-12)16(20)11-13-14(18)9-6-10-15(13)19/h3-10,16-17H,2,11,20H2,1H3. The first-order valence-electron chi connectivity index (χ1n) is 6.98. The van der Waals surface area contributed by atoms with Crippen LogP contribution in [0.5, 0.6) is 0 Å². The van der Waals surface area contributed by atoms with Crippen molar-refractivity contribution in [1.29, 1.82) is 0 Å². The van der Waals surface area contributed by atoms with Crippen LogP contribution < -0.4 is 5.73 Å². The summed E-state index contributed by atoms with van der Waals surface area (Å²) >= 11 is 0. The molecule has 0 fully saturated rings. The first-order chi connectivity index (χ1) is 10.1. The number of benzene rings is 2. The molecular weight excluding hydrogens is 272 g/mol. The highest BCUT2D eigenvalue weighted by Gasteiger charge is 2.23. The Labute approximate surface area is 123 Å². The summed E-state index contributed by atoms with van der Waals surface area (Å²) in [6, 6.07) is 12.8. The van der Waals surface area contributed by atoms with Gasteiger partial charge in [-0.15, -0.1) is 0 Å². The molecule has 2 N–H and O–H groups in total.